The van der Waals surface area contributed by atoms with Gasteiger partial charge in [-0.1, -0.05) is 72.8 Å². The lowest BCUT2D eigenvalue weighted by Crippen LogP contribution is -2.42. The van der Waals surface area contributed by atoms with Crippen molar-refractivity contribution in [1.82, 2.24) is 4.31 Å². The molecule has 0 radical (unpaired) electrons. The number of ether oxygens (including phenoxy) is 1. The van der Waals surface area contributed by atoms with Gasteiger partial charge in [-0.25, -0.2) is 8.42 Å². The Morgan fingerprint density at radius 2 is 1.37 bits per heavy atom. The number of nitrogens with zero attached hydrogens (tertiary/aromatic N) is 1. The van der Waals surface area contributed by atoms with Crippen LogP contribution in [0.15, 0.2) is 89.8 Å². The molecule has 3 aromatic carbocycles. The van der Waals surface area contributed by atoms with Gasteiger partial charge in [0.15, 0.2) is 0 Å². The van der Waals surface area contributed by atoms with Crippen LogP contribution in [-0.4, -0.2) is 32.4 Å². The number of benzene rings is 3. The van der Waals surface area contributed by atoms with Gasteiger partial charge in [-0.3, -0.25) is 0 Å². The number of sulfonamides is 1. The Balaban J connectivity index is 1.56. The van der Waals surface area contributed by atoms with Crippen LogP contribution in [0.2, 0.25) is 0 Å². The fraction of sp³-hybridized carbons (Fsp3) is 0.182. The van der Waals surface area contributed by atoms with Gasteiger partial charge in [0, 0.05) is 13.1 Å². The van der Waals surface area contributed by atoms with Gasteiger partial charge in [0.25, 0.3) is 0 Å². The summed E-state index contributed by atoms with van der Waals surface area (Å²) in [4.78, 5) is 0.316. The molecule has 4 nitrogen and oxygen atoms in total. The van der Waals surface area contributed by atoms with Gasteiger partial charge in [-0.05, 0) is 28.8 Å². The van der Waals surface area contributed by atoms with E-state index in [1.807, 2.05) is 72.8 Å². The summed E-state index contributed by atoms with van der Waals surface area (Å²) < 4.78 is 33.5. The smallest absolute Gasteiger partial charge is 0.243 e. The van der Waals surface area contributed by atoms with E-state index >= 15 is 0 Å². The summed E-state index contributed by atoms with van der Waals surface area (Å²) >= 11 is 0. The van der Waals surface area contributed by atoms with Crippen molar-refractivity contribution in [2.24, 2.45) is 0 Å². The van der Waals surface area contributed by atoms with Crippen molar-refractivity contribution in [2.75, 3.05) is 19.7 Å². The molecule has 0 aliphatic carbocycles. The van der Waals surface area contributed by atoms with Gasteiger partial charge < -0.3 is 4.74 Å². The summed E-state index contributed by atoms with van der Waals surface area (Å²) in [6.45, 7) is 1.08. The molecule has 3 aromatic rings. The molecule has 1 aliphatic heterocycles. The first-order chi connectivity index (χ1) is 13.1. The molecule has 0 bridgehead atoms. The number of morpholine rings is 1. The molecule has 27 heavy (non-hydrogen) atoms. The molecule has 4 rings (SSSR count). The zero-order valence-corrected chi connectivity index (χ0v) is 15.7. The summed E-state index contributed by atoms with van der Waals surface area (Å²) in [5.41, 5.74) is 3.06. The average molecular weight is 379 g/mol. The standard InChI is InChI=1S/C22H21NO3S/c24-27(25,21-13-11-19(12-14-21)18-7-3-1-4-8-18)23-15-16-26-22(17-23)20-9-5-2-6-10-20/h1-14,22H,15-17H2. The van der Waals surface area contributed by atoms with Crippen molar-refractivity contribution in [3.63, 3.8) is 0 Å². The van der Waals surface area contributed by atoms with E-state index in [4.69, 9.17) is 4.74 Å². The highest BCUT2D eigenvalue weighted by atomic mass is 32.2. The zero-order chi connectivity index (χ0) is 18.7. The van der Waals surface area contributed by atoms with Gasteiger partial charge in [0.1, 0.15) is 0 Å². The minimum atomic E-state index is -3.55. The normalized spacial score (nSPS) is 18.3. The van der Waals surface area contributed by atoms with Gasteiger partial charge in [-0.15, -0.1) is 0 Å². The van der Waals surface area contributed by atoms with Crippen LogP contribution in [-0.2, 0) is 14.8 Å². The van der Waals surface area contributed by atoms with E-state index in [-0.39, 0.29) is 6.10 Å². The third kappa shape index (κ3) is 3.81. The molecule has 0 spiro atoms. The first-order valence-electron chi connectivity index (χ1n) is 8.97. The topological polar surface area (TPSA) is 46.6 Å². The highest BCUT2D eigenvalue weighted by Crippen LogP contribution is 2.27. The van der Waals surface area contributed by atoms with Crippen molar-refractivity contribution >= 4 is 10.0 Å². The van der Waals surface area contributed by atoms with E-state index in [1.54, 1.807) is 12.1 Å². The van der Waals surface area contributed by atoms with Crippen LogP contribution >= 0.6 is 0 Å². The monoisotopic (exact) mass is 379 g/mol. The second-order valence-electron chi connectivity index (χ2n) is 6.52. The lowest BCUT2D eigenvalue weighted by molar-refractivity contribution is -0.00255. The van der Waals surface area contributed by atoms with Gasteiger partial charge in [-0.2, -0.15) is 4.31 Å². The molecule has 1 heterocycles. The maximum atomic E-state index is 13.1. The van der Waals surface area contributed by atoms with Crippen LogP contribution in [0.25, 0.3) is 11.1 Å². The van der Waals surface area contributed by atoms with E-state index in [1.165, 1.54) is 4.31 Å². The Morgan fingerprint density at radius 3 is 2.04 bits per heavy atom. The maximum Gasteiger partial charge on any atom is 0.243 e. The fourth-order valence-electron chi connectivity index (χ4n) is 3.31. The number of hydrogen-bond acceptors (Lipinski definition) is 3. The Labute approximate surface area is 160 Å². The highest BCUT2D eigenvalue weighted by molar-refractivity contribution is 7.89. The van der Waals surface area contributed by atoms with Gasteiger partial charge in [0.2, 0.25) is 10.0 Å². The number of rotatable bonds is 4. The molecule has 1 atom stereocenters. The first-order valence-corrected chi connectivity index (χ1v) is 10.4. The van der Waals surface area contributed by atoms with Crippen molar-refractivity contribution < 1.29 is 13.2 Å². The van der Waals surface area contributed by atoms with Crippen molar-refractivity contribution in [1.29, 1.82) is 0 Å². The van der Waals surface area contributed by atoms with Crippen molar-refractivity contribution in [3.8, 4) is 11.1 Å². The molecule has 0 aromatic heterocycles. The molecule has 0 N–H and O–H groups in total. The highest BCUT2D eigenvalue weighted by Gasteiger charge is 2.31. The predicted octanol–water partition coefficient (Wildman–Crippen LogP) is 4.12. The minimum Gasteiger partial charge on any atom is -0.371 e. The molecule has 0 saturated carbocycles. The Morgan fingerprint density at radius 1 is 0.778 bits per heavy atom. The van der Waals surface area contributed by atoms with Crippen LogP contribution in [0.3, 0.4) is 0 Å². The van der Waals surface area contributed by atoms with Gasteiger partial charge in [0.05, 0.1) is 17.6 Å². The summed E-state index contributed by atoms with van der Waals surface area (Å²) in [5, 5.41) is 0. The molecular weight excluding hydrogens is 358 g/mol. The lowest BCUT2D eigenvalue weighted by atomic mass is 10.1. The van der Waals surface area contributed by atoms with Crippen LogP contribution in [0.1, 0.15) is 11.7 Å². The second-order valence-corrected chi connectivity index (χ2v) is 8.46. The van der Waals surface area contributed by atoms with Crippen LogP contribution in [0.4, 0.5) is 0 Å². The van der Waals surface area contributed by atoms with E-state index < -0.39 is 10.0 Å². The summed E-state index contributed by atoms with van der Waals surface area (Å²) in [7, 11) is -3.55. The Bertz CT molecular complexity index is 987. The van der Waals surface area contributed by atoms with E-state index in [2.05, 4.69) is 0 Å². The van der Waals surface area contributed by atoms with Crippen molar-refractivity contribution in [3.05, 3.63) is 90.5 Å². The molecule has 0 amide bonds. The average Bonchev–Trinajstić information content (AvgIpc) is 2.75. The molecule has 1 fully saturated rings. The van der Waals surface area contributed by atoms with E-state index in [0.29, 0.717) is 24.6 Å². The van der Waals surface area contributed by atoms with E-state index in [0.717, 1.165) is 16.7 Å². The fourth-order valence-corrected chi connectivity index (χ4v) is 4.74. The quantitative estimate of drug-likeness (QED) is 0.685. The summed E-state index contributed by atoms with van der Waals surface area (Å²) in [6, 6.07) is 26.8. The molecule has 1 unspecified atom stereocenters. The summed E-state index contributed by atoms with van der Waals surface area (Å²) in [5.74, 6) is 0. The van der Waals surface area contributed by atoms with E-state index in [9.17, 15) is 8.42 Å². The maximum absolute atomic E-state index is 13.1. The molecule has 5 heteroatoms. The Kier molecular flexibility index (Phi) is 5.07. The molecule has 1 aliphatic rings. The third-order valence-corrected chi connectivity index (χ3v) is 6.68. The second kappa shape index (κ2) is 7.64. The third-order valence-electron chi connectivity index (χ3n) is 4.80. The Hall–Kier alpha value is -2.47. The minimum absolute atomic E-state index is 0.238. The SMILES string of the molecule is O=S(=O)(c1ccc(-c2ccccc2)cc1)N1CCOC(c2ccccc2)C1. The van der Waals surface area contributed by atoms with Crippen LogP contribution in [0, 0.1) is 0 Å². The first kappa shape index (κ1) is 17.9. The number of hydrogen-bond donors (Lipinski definition) is 0. The molecular formula is C22H21NO3S. The van der Waals surface area contributed by atoms with Crippen LogP contribution in [0.5, 0.6) is 0 Å². The van der Waals surface area contributed by atoms with Crippen molar-refractivity contribution in [2.45, 2.75) is 11.0 Å². The predicted molar refractivity (Wildman–Crippen MR) is 106 cm³/mol. The van der Waals surface area contributed by atoms with Gasteiger partial charge >= 0.3 is 0 Å². The largest absolute Gasteiger partial charge is 0.371 e. The summed E-state index contributed by atoms with van der Waals surface area (Å²) in [6.07, 6.45) is -0.238. The lowest BCUT2D eigenvalue weighted by Gasteiger charge is -2.32. The zero-order valence-electron chi connectivity index (χ0n) is 14.9. The molecule has 138 valence electrons. The van der Waals surface area contributed by atoms with Crippen LogP contribution < -0.4 is 0 Å². The molecule has 1 saturated heterocycles.